The maximum atomic E-state index is 9.74. The molecule has 1 N–H and O–H groups in total. The normalized spacial score (nSPS) is 24.6. The maximum Gasteiger partial charge on any atom is 0.0632 e. The van der Waals surface area contributed by atoms with Crippen LogP contribution in [0.15, 0.2) is 28.7 Å². The standard InChI is InChI=1S/C14H21BrN2O/c1-16(2)14(11-18)8-3-9-17(10-14)13-6-4-12(15)5-7-13/h4-7,18H,3,8-11H2,1-2H3. The number of aliphatic hydroxyl groups excluding tert-OH is 1. The predicted molar refractivity (Wildman–Crippen MR) is 79.1 cm³/mol. The van der Waals surface area contributed by atoms with E-state index < -0.39 is 0 Å². The van der Waals surface area contributed by atoms with E-state index in [1.165, 1.54) is 5.69 Å². The molecule has 100 valence electrons. The van der Waals surface area contributed by atoms with Crippen LogP contribution < -0.4 is 4.90 Å². The summed E-state index contributed by atoms with van der Waals surface area (Å²) >= 11 is 3.46. The van der Waals surface area contributed by atoms with Crippen molar-refractivity contribution in [2.75, 3.05) is 38.7 Å². The van der Waals surface area contributed by atoms with E-state index in [4.69, 9.17) is 0 Å². The van der Waals surface area contributed by atoms with E-state index in [1.54, 1.807) is 0 Å². The van der Waals surface area contributed by atoms with Crippen molar-refractivity contribution in [2.45, 2.75) is 18.4 Å². The molecular formula is C14H21BrN2O. The zero-order chi connectivity index (χ0) is 13.2. The van der Waals surface area contributed by atoms with Crippen LogP contribution in [0, 0.1) is 0 Å². The van der Waals surface area contributed by atoms with Crippen LogP contribution in [0.4, 0.5) is 5.69 Å². The number of likely N-dealkylation sites (N-methyl/N-ethyl adjacent to an activating group) is 1. The van der Waals surface area contributed by atoms with Gasteiger partial charge in [0, 0.05) is 23.2 Å². The quantitative estimate of drug-likeness (QED) is 0.928. The van der Waals surface area contributed by atoms with Crippen molar-refractivity contribution in [3.05, 3.63) is 28.7 Å². The van der Waals surface area contributed by atoms with Crippen LogP contribution in [0.1, 0.15) is 12.8 Å². The van der Waals surface area contributed by atoms with Gasteiger partial charge in [-0.1, -0.05) is 15.9 Å². The van der Waals surface area contributed by atoms with Gasteiger partial charge >= 0.3 is 0 Å². The fourth-order valence-electron chi connectivity index (χ4n) is 2.62. The molecule has 2 rings (SSSR count). The highest BCUT2D eigenvalue weighted by Crippen LogP contribution is 2.29. The van der Waals surface area contributed by atoms with E-state index in [2.05, 4.69) is 64.1 Å². The smallest absolute Gasteiger partial charge is 0.0632 e. The minimum Gasteiger partial charge on any atom is -0.394 e. The molecule has 0 aromatic heterocycles. The fraction of sp³-hybridized carbons (Fsp3) is 0.571. The van der Waals surface area contributed by atoms with E-state index >= 15 is 0 Å². The molecule has 1 aromatic carbocycles. The van der Waals surface area contributed by atoms with Gasteiger partial charge in [0.15, 0.2) is 0 Å². The van der Waals surface area contributed by atoms with Gasteiger partial charge in [-0.05, 0) is 51.2 Å². The Morgan fingerprint density at radius 2 is 2.00 bits per heavy atom. The van der Waals surface area contributed by atoms with Gasteiger partial charge in [0.1, 0.15) is 0 Å². The van der Waals surface area contributed by atoms with E-state index in [0.29, 0.717) is 0 Å². The van der Waals surface area contributed by atoms with Crippen molar-refractivity contribution >= 4 is 21.6 Å². The molecule has 0 amide bonds. The van der Waals surface area contributed by atoms with Crippen molar-refractivity contribution < 1.29 is 5.11 Å². The van der Waals surface area contributed by atoms with Crippen LogP contribution in [0.3, 0.4) is 0 Å². The molecule has 0 aliphatic carbocycles. The summed E-state index contributed by atoms with van der Waals surface area (Å²) in [6.07, 6.45) is 2.18. The monoisotopic (exact) mass is 312 g/mol. The lowest BCUT2D eigenvalue weighted by Crippen LogP contribution is -2.58. The fourth-order valence-corrected chi connectivity index (χ4v) is 2.88. The molecule has 0 bridgehead atoms. The zero-order valence-corrected chi connectivity index (χ0v) is 12.7. The van der Waals surface area contributed by atoms with E-state index in [0.717, 1.165) is 30.4 Å². The molecule has 3 nitrogen and oxygen atoms in total. The average Bonchev–Trinajstić information content (AvgIpc) is 2.39. The summed E-state index contributed by atoms with van der Waals surface area (Å²) in [6.45, 7) is 2.17. The third-order valence-corrected chi connectivity index (χ3v) is 4.52. The minimum atomic E-state index is -0.106. The molecule has 1 fully saturated rings. The maximum absolute atomic E-state index is 9.74. The molecule has 1 aromatic rings. The first-order chi connectivity index (χ1) is 8.57. The SMILES string of the molecule is CN(C)C1(CO)CCCN(c2ccc(Br)cc2)C1. The lowest BCUT2D eigenvalue weighted by atomic mass is 9.88. The van der Waals surface area contributed by atoms with Gasteiger partial charge in [-0.15, -0.1) is 0 Å². The Kier molecular flexibility index (Phi) is 4.30. The van der Waals surface area contributed by atoms with Gasteiger partial charge < -0.3 is 10.0 Å². The van der Waals surface area contributed by atoms with Crippen molar-refractivity contribution in [1.82, 2.24) is 4.90 Å². The third-order valence-electron chi connectivity index (χ3n) is 3.99. The molecular weight excluding hydrogens is 292 g/mol. The van der Waals surface area contributed by atoms with Gasteiger partial charge in [0.2, 0.25) is 0 Å². The lowest BCUT2D eigenvalue weighted by Gasteiger charge is -2.46. The number of benzene rings is 1. The molecule has 18 heavy (non-hydrogen) atoms. The second-order valence-electron chi connectivity index (χ2n) is 5.28. The molecule has 0 spiro atoms. The van der Waals surface area contributed by atoms with Crippen molar-refractivity contribution in [2.24, 2.45) is 0 Å². The Bertz CT molecular complexity index is 393. The summed E-state index contributed by atoms with van der Waals surface area (Å²) in [6, 6.07) is 8.40. The van der Waals surface area contributed by atoms with Crippen LogP contribution in [-0.2, 0) is 0 Å². The third kappa shape index (κ3) is 2.71. The molecule has 1 aliphatic rings. The van der Waals surface area contributed by atoms with Gasteiger partial charge in [0.25, 0.3) is 0 Å². The Balaban J connectivity index is 2.18. The van der Waals surface area contributed by atoms with Crippen LogP contribution in [0.5, 0.6) is 0 Å². The van der Waals surface area contributed by atoms with Gasteiger partial charge in [-0.2, -0.15) is 0 Å². The highest BCUT2D eigenvalue weighted by molar-refractivity contribution is 9.10. The van der Waals surface area contributed by atoms with Crippen molar-refractivity contribution in [3.8, 4) is 0 Å². The largest absolute Gasteiger partial charge is 0.394 e. The highest BCUT2D eigenvalue weighted by Gasteiger charge is 2.36. The molecule has 1 atom stereocenters. The summed E-state index contributed by atoms with van der Waals surface area (Å²) in [5.41, 5.74) is 1.13. The molecule has 1 aliphatic heterocycles. The Morgan fingerprint density at radius 3 is 2.56 bits per heavy atom. The Labute approximate surface area is 118 Å². The first-order valence-corrected chi connectivity index (χ1v) is 7.15. The number of anilines is 1. The van der Waals surface area contributed by atoms with Crippen molar-refractivity contribution in [1.29, 1.82) is 0 Å². The van der Waals surface area contributed by atoms with Gasteiger partial charge in [-0.3, -0.25) is 4.90 Å². The molecule has 0 radical (unpaired) electrons. The number of nitrogens with zero attached hydrogens (tertiary/aromatic N) is 2. The molecule has 1 saturated heterocycles. The van der Waals surface area contributed by atoms with Gasteiger partial charge in [-0.25, -0.2) is 0 Å². The lowest BCUT2D eigenvalue weighted by molar-refractivity contribution is 0.0547. The first-order valence-electron chi connectivity index (χ1n) is 6.36. The number of halogens is 1. The topological polar surface area (TPSA) is 26.7 Å². The average molecular weight is 313 g/mol. The number of piperidine rings is 1. The number of hydrogen-bond acceptors (Lipinski definition) is 3. The summed E-state index contributed by atoms with van der Waals surface area (Å²) in [5.74, 6) is 0. The van der Waals surface area contributed by atoms with E-state index in [9.17, 15) is 5.11 Å². The molecule has 0 saturated carbocycles. The summed E-state index contributed by atoms with van der Waals surface area (Å²) in [4.78, 5) is 4.53. The second kappa shape index (κ2) is 5.59. The van der Waals surface area contributed by atoms with E-state index in [-0.39, 0.29) is 12.1 Å². The molecule has 1 unspecified atom stereocenters. The molecule has 4 heteroatoms. The van der Waals surface area contributed by atoms with Crippen LogP contribution in [-0.4, -0.2) is 49.3 Å². The molecule has 1 heterocycles. The van der Waals surface area contributed by atoms with Gasteiger partial charge in [0.05, 0.1) is 12.1 Å². The van der Waals surface area contributed by atoms with E-state index in [1.807, 2.05) is 0 Å². The zero-order valence-electron chi connectivity index (χ0n) is 11.1. The number of hydrogen-bond donors (Lipinski definition) is 1. The highest BCUT2D eigenvalue weighted by atomic mass is 79.9. The number of aliphatic hydroxyl groups is 1. The number of rotatable bonds is 3. The predicted octanol–water partition coefficient (Wildman–Crippen LogP) is 2.34. The summed E-state index contributed by atoms with van der Waals surface area (Å²) in [5, 5.41) is 9.74. The summed E-state index contributed by atoms with van der Waals surface area (Å²) < 4.78 is 1.10. The van der Waals surface area contributed by atoms with Crippen LogP contribution in [0.25, 0.3) is 0 Å². The Hall–Kier alpha value is -0.580. The van der Waals surface area contributed by atoms with Crippen LogP contribution >= 0.6 is 15.9 Å². The van der Waals surface area contributed by atoms with Crippen molar-refractivity contribution in [3.63, 3.8) is 0 Å². The Morgan fingerprint density at radius 1 is 1.33 bits per heavy atom. The first kappa shape index (κ1) is 13.8. The minimum absolute atomic E-state index is 0.106. The second-order valence-corrected chi connectivity index (χ2v) is 6.19. The van der Waals surface area contributed by atoms with Crippen LogP contribution in [0.2, 0.25) is 0 Å². The summed E-state index contributed by atoms with van der Waals surface area (Å²) in [7, 11) is 4.11.